The summed E-state index contributed by atoms with van der Waals surface area (Å²) >= 11 is 0. The molecular formula is C69H96N8O12. The van der Waals surface area contributed by atoms with Crippen LogP contribution < -0.4 is 16.0 Å². The minimum absolute atomic E-state index is 0.0398. The molecule has 0 spiro atoms. The van der Waals surface area contributed by atoms with Crippen molar-refractivity contribution in [2.75, 3.05) is 54.4 Å². The molecule has 4 aromatic rings. The third-order valence-corrected chi connectivity index (χ3v) is 15.8. The van der Waals surface area contributed by atoms with Gasteiger partial charge in [-0.15, -0.1) is 0 Å². The highest BCUT2D eigenvalue weighted by Crippen LogP contribution is 2.22. The Bertz CT molecular complexity index is 2900. The van der Waals surface area contributed by atoms with Crippen LogP contribution in [0.1, 0.15) is 122 Å². The Kier molecular flexibility index (Phi) is 28.8. The quantitative estimate of drug-likeness (QED) is 0.0409. The molecule has 0 radical (unpaired) electrons. The van der Waals surface area contributed by atoms with Crippen LogP contribution in [0, 0.1) is 11.8 Å². The third-order valence-electron chi connectivity index (χ3n) is 15.8. The first-order valence-corrected chi connectivity index (χ1v) is 31.2. The lowest BCUT2D eigenvalue weighted by Crippen LogP contribution is -2.60. The molecule has 0 aliphatic carbocycles. The van der Waals surface area contributed by atoms with Gasteiger partial charge in [0.05, 0.1) is 18.9 Å². The summed E-state index contributed by atoms with van der Waals surface area (Å²) < 4.78 is 16.5. The van der Waals surface area contributed by atoms with E-state index >= 15 is 0 Å². The zero-order chi connectivity index (χ0) is 65.2. The number of likely N-dealkylation sites (tertiary alicyclic amines) is 2. The standard InChI is InChI=1S/C37H52N4O7.C32H44N4O5/c1-26(2)32(40(7)35(45)30(23-27-17-11-8-12-18-27)39(6)36(46)48-37(3,4)5)33(43)38-29(34(44)41-21-15-10-16-22-41)24-31(42)47-25-28-19-13-9-14-20-28;1-23(2)29(35(4)31(39)26(33-3)20-24-14-8-5-9-15-24)30(38)34-27(32(40)36-18-12-7-13-19-36)21-28(37)41-22-25-16-10-6-11-17-25/h8-9,11-14,17-20,26,29-30,32H,10,15-16,21-25H2,1-7H3,(H,38,43);5-6,8-11,14-17,23,26-27,29,33H,7,12-13,18-22H2,1-4H3,(H,34,38)/t29-,30?,32-;26?,27-,29-/m00/s1. The summed E-state index contributed by atoms with van der Waals surface area (Å²) in [7, 11) is 6.35. The lowest BCUT2D eigenvalue weighted by Gasteiger charge is -2.37. The maximum Gasteiger partial charge on any atom is 0.410 e. The van der Waals surface area contributed by atoms with E-state index in [0.717, 1.165) is 60.8 Å². The van der Waals surface area contributed by atoms with Crippen LogP contribution in [0.4, 0.5) is 4.79 Å². The number of benzene rings is 4. The maximum absolute atomic E-state index is 14.2. The normalized spacial score (nSPS) is 15.3. The number of nitrogens with one attached hydrogen (secondary N) is 3. The monoisotopic (exact) mass is 1230 g/mol. The van der Waals surface area contributed by atoms with Gasteiger partial charge in [-0.3, -0.25) is 43.3 Å². The number of rotatable bonds is 26. The molecule has 0 aromatic heterocycles. The van der Waals surface area contributed by atoms with Crippen molar-refractivity contribution in [2.24, 2.45) is 11.8 Å². The Morgan fingerprint density at radius 2 is 0.820 bits per heavy atom. The van der Waals surface area contributed by atoms with Crippen LogP contribution >= 0.6 is 0 Å². The lowest BCUT2D eigenvalue weighted by molar-refractivity contribution is -0.151. The second-order valence-corrected chi connectivity index (χ2v) is 24.7. The van der Waals surface area contributed by atoms with E-state index in [1.807, 2.05) is 135 Å². The number of hydrogen-bond acceptors (Lipinski definition) is 13. The highest BCUT2D eigenvalue weighted by atomic mass is 16.6. The Labute approximate surface area is 526 Å². The molecule has 4 aromatic carbocycles. The van der Waals surface area contributed by atoms with Gasteiger partial charge in [0.2, 0.25) is 35.4 Å². The van der Waals surface area contributed by atoms with E-state index in [2.05, 4.69) is 16.0 Å². The Balaban J connectivity index is 0.000000328. The van der Waals surface area contributed by atoms with E-state index < -0.39 is 77.6 Å². The van der Waals surface area contributed by atoms with Crippen LogP contribution in [0.25, 0.3) is 0 Å². The van der Waals surface area contributed by atoms with Crippen LogP contribution in [0.5, 0.6) is 0 Å². The van der Waals surface area contributed by atoms with Crippen molar-refractivity contribution in [3.8, 4) is 0 Å². The fourth-order valence-corrected chi connectivity index (χ4v) is 11.0. The molecule has 7 amide bonds. The second kappa shape index (κ2) is 35.8. The number of carbonyl (C=O) groups is 9. The molecule has 2 heterocycles. The average Bonchev–Trinajstić information content (AvgIpc) is 2.21. The molecule has 2 saturated heterocycles. The Hall–Kier alpha value is -8.13. The molecule has 6 atom stereocenters. The van der Waals surface area contributed by atoms with E-state index in [1.54, 1.807) is 58.5 Å². The van der Waals surface area contributed by atoms with Crippen molar-refractivity contribution in [1.82, 2.24) is 40.4 Å². The van der Waals surface area contributed by atoms with Crippen molar-refractivity contribution in [1.29, 1.82) is 0 Å². The summed E-state index contributed by atoms with van der Waals surface area (Å²) in [6.07, 6.45) is 4.82. The Morgan fingerprint density at radius 3 is 1.17 bits per heavy atom. The van der Waals surface area contributed by atoms with Gasteiger partial charge < -0.3 is 49.8 Å². The van der Waals surface area contributed by atoms with Gasteiger partial charge in [-0.2, -0.15) is 0 Å². The largest absolute Gasteiger partial charge is 0.461 e. The van der Waals surface area contributed by atoms with Gasteiger partial charge in [0, 0.05) is 53.7 Å². The SMILES string of the molecule is CC(C)[C@@H](C(=O)N[C@@H](CC(=O)OCc1ccccc1)C(=O)N1CCCCC1)N(C)C(=O)C(Cc1ccccc1)N(C)C(=O)OC(C)(C)C.CNC(Cc1ccccc1)C(=O)N(C)[C@H](C(=O)N[C@@H](CC(=O)OCc1ccccc1)C(=O)N1CCCCC1)C(C)C. The van der Waals surface area contributed by atoms with Gasteiger partial charge in [-0.05, 0) is 107 Å². The molecule has 484 valence electrons. The second-order valence-electron chi connectivity index (χ2n) is 24.7. The minimum atomic E-state index is -1.17. The van der Waals surface area contributed by atoms with Gasteiger partial charge in [-0.1, -0.05) is 149 Å². The molecular weight excluding hydrogens is 1130 g/mol. The van der Waals surface area contributed by atoms with Gasteiger partial charge in [-0.25, -0.2) is 4.79 Å². The van der Waals surface area contributed by atoms with Crippen molar-refractivity contribution in [3.63, 3.8) is 0 Å². The van der Waals surface area contributed by atoms with Crippen LogP contribution in [-0.2, 0) is 78.6 Å². The smallest absolute Gasteiger partial charge is 0.410 e. The molecule has 89 heavy (non-hydrogen) atoms. The number of carbonyl (C=O) groups excluding carboxylic acids is 9. The summed E-state index contributed by atoms with van der Waals surface area (Å²) in [4.78, 5) is 129. The van der Waals surface area contributed by atoms with Crippen molar-refractivity contribution in [2.45, 2.75) is 168 Å². The minimum Gasteiger partial charge on any atom is -0.461 e. The molecule has 2 fully saturated rings. The van der Waals surface area contributed by atoms with E-state index in [9.17, 15) is 43.2 Å². The summed E-state index contributed by atoms with van der Waals surface area (Å²) in [6.45, 7) is 14.9. The molecule has 2 unspecified atom stereocenters. The molecule has 20 heteroatoms. The first-order chi connectivity index (χ1) is 42.4. The number of hydrogen-bond donors (Lipinski definition) is 3. The highest BCUT2D eigenvalue weighted by molar-refractivity contribution is 5.96. The summed E-state index contributed by atoms with van der Waals surface area (Å²) in [5.74, 6) is -4.23. The predicted octanol–water partition coefficient (Wildman–Crippen LogP) is 7.51. The molecule has 0 bridgehead atoms. The topological polar surface area (TPSA) is 234 Å². The highest BCUT2D eigenvalue weighted by Gasteiger charge is 2.41. The van der Waals surface area contributed by atoms with E-state index in [-0.39, 0.29) is 62.0 Å². The fourth-order valence-electron chi connectivity index (χ4n) is 11.0. The van der Waals surface area contributed by atoms with Crippen LogP contribution in [0.2, 0.25) is 0 Å². The number of piperidine rings is 2. The number of esters is 2. The van der Waals surface area contributed by atoms with Crippen molar-refractivity contribution in [3.05, 3.63) is 144 Å². The van der Waals surface area contributed by atoms with E-state index in [1.165, 1.54) is 28.8 Å². The molecule has 0 saturated carbocycles. The average molecular weight is 1230 g/mol. The molecule has 2 aliphatic rings. The Morgan fingerprint density at radius 1 is 0.472 bits per heavy atom. The molecule has 3 N–H and O–H groups in total. The number of amides is 7. The van der Waals surface area contributed by atoms with Gasteiger partial charge >= 0.3 is 18.0 Å². The van der Waals surface area contributed by atoms with E-state index in [0.29, 0.717) is 32.6 Å². The summed E-state index contributed by atoms with van der Waals surface area (Å²) in [5.41, 5.74) is 2.68. The zero-order valence-corrected chi connectivity index (χ0v) is 54.1. The number of nitrogens with zero attached hydrogens (tertiary/aromatic N) is 5. The van der Waals surface area contributed by atoms with Crippen molar-refractivity contribution < 1.29 is 57.4 Å². The van der Waals surface area contributed by atoms with E-state index in [4.69, 9.17) is 14.2 Å². The zero-order valence-electron chi connectivity index (χ0n) is 54.1. The van der Waals surface area contributed by atoms with Gasteiger partial charge in [0.1, 0.15) is 49.0 Å². The first kappa shape index (κ1) is 71.6. The van der Waals surface area contributed by atoms with Crippen LogP contribution in [0.15, 0.2) is 121 Å². The fraction of sp³-hybridized carbons (Fsp3) is 0.522. The molecule has 6 rings (SSSR count). The van der Waals surface area contributed by atoms with Crippen molar-refractivity contribution >= 4 is 53.5 Å². The first-order valence-electron chi connectivity index (χ1n) is 31.2. The maximum atomic E-state index is 14.2. The summed E-state index contributed by atoms with van der Waals surface area (Å²) in [5, 5.41) is 8.70. The van der Waals surface area contributed by atoms with Crippen LogP contribution in [0.3, 0.4) is 0 Å². The van der Waals surface area contributed by atoms with Gasteiger partial charge in [0.25, 0.3) is 0 Å². The number of ether oxygens (including phenoxy) is 3. The molecule has 20 nitrogen and oxygen atoms in total. The lowest BCUT2D eigenvalue weighted by atomic mass is 9.98. The predicted molar refractivity (Wildman–Crippen MR) is 340 cm³/mol. The third kappa shape index (κ3) is 23.1. The van der Waals surface area contributed by atoms with Gasteiger partial charge in [0.15, 0.2) is 0 Å². The number of likely N-dealkylation sites (N-methyl/N-ethyl adjacent to an activating group) is 4. The molecule has 2 aliphatic heterocycles. The van der Waals surface area contributed by atoms with Crippen LogP contribution in [-0.4, -0.2) is 174 Å². The summed E-state index contributed by atoms with van der Waals surface area (Å²) in [6, 6.07) is 31.8.